The Morgan fingerprint density at radius 3 is 2.37 bits per heavy atom. The predicted molar refractivity (Wildman–Crippen MR) is 147 cm³/mol. The molecule has 0 spiro atoms. The number of allylic oxidation sites excluding steroid dienone is 1. The lowest BCUT2D eigenvalue weighted by atomic mass is 9.74. The van der Waals surface area contributed by atoms with E-state index in [0.29, 0.717) is 18.7 Å². The van der Waals surface area contributed by atoms with E-state index in [2.05, 4.69) is 18.8 Å². The number of aromatic nitrogens is 1. The molecule has 0 radical (unpaired) electrons. The van der Waals surface area contributed by atoms with Crippen LogP contribution in [0.25, 0.3) is 6.08 Å². The van der Waals surface area contributed by atoms with Gasteiger partial charge in [-0.15, -0.1) is 11.3 Å². The molecule has 7 heteroatoms. The molecule has 0 bridgehead atoms. The monoisotopic (exact) mass is 510 g/mol. The second-order valence-electron chi connectivity index (χ2n) is 10.3. The van der Waals surface area contributed by atoms with Crippen molar-refractivity contribution in [2.75, 3.05) is 13.7 Å². The molecule has 0 aromatic carbocycles. The Morgan fingerprint density at radius 1 is 1.20 bits per heavy atom. The summed E-state index contributed by atoms with van der Waals surface area (Å²) in [6.45, 7) is 13.3. The van der Waals surface area contributed by atoms with Crippen LogP contribution in [0.4, 0.5) is 0 Å². The zero-order chi connectivity index (χ0) is 26.9. The topological polar surface area (TPSA) is 103 Å². The van der Waals surface area contributed by atoms with Crippen molar-refractivity contribution in [1.82, 2.24) is 4.98 Å². The summed E-state index contributed by atoms with van der Waals surface area (Å²) >= 11 is 1.60. The van der Waals surface area contributed by atoms with Gasteiger partial charge in [-0.2, -0.15) is 0 Å². The molecule has 1 aromatic heterocycles. The van der Waals surface area contributed by atoms with Crippen LogP contribution >= 0.6 is 11.3 Å². The van der Waals surface area contributed by atoms with Crippen LogP contribution in [0.3, 0.4) is 0 Å². The van der Waals surface area contributed by atoms with Crippen molar-refractivity contribution < 1.29 is 19.4 Å². The Bertz CT molecular complexity index is 732. The Labute approximate surface area is 217 Å². The molecule has 0 fully saturated rings. The largest absolute Gasteiger partial charge is 0.392 e. The van der Waals surface area contributed by atoms with Gasteiger partial charge in [0.25, 0.3) is 0 Å². The first-order valence-electron chi connectivity index (χ1n) is 12.9. The van der Waals surface area contributed by atoms with Gasteiger partial charge in [-0.25, -0.2) is 4.98 Å². The van der Waals surface area contributed by atoms with Gasteiger partial charge in [-0.05, 0) is 44.1 Å². The Balaban J connectivity index is 0.000000952. The van der Waals surface area contributed by atoms with Crippen LogP contribution in [0.2, 0.25) is 0 Å². The molecular formula is C28H50N2O4S. The lowest BCUT2D eigenvalue weighted by Crippen LogP contribution is -2.40. The number of ketones is 1. The lowest BCUT2D eigenvalue weighted by Gasteiger charge is -2.31. The van der Waals surface area contributed by atoms with E-state index in [4.69, 9.17) is 10.5 Å². The molecule has 0 aliphatic rings. The average Bonchev–Trinajstić information content (AvgIpc) is 3.27. The van der Waals surface area contributed by atoms with E-state index < -0.39 is 11.5 Å². The summed E-state index contributed by atoms with van der Waals surface area (Å²) in [6, 6.07) is 0. The van der Waals surface area contributed by atoms with E-state index >= 15 is 0 Å². The van der Waals surface area contributed by atoms with Crippen LogP contribution in [0.1, 0.15) is 97.2 Å². The first kappa shape index (κ1) is 33.6. The SMILES string of the molecule is C/C=C\c1csc(CN)n1.COCCCC(C)CCCC(C)CC(C)C(=O)C(C)(C)C(O)CC=O. The fourth-order valence-corrected chi connectivity index (χ4v) is 4.86. The molecular weight excluding hydrogens is 460 g/mol. The van der Waals surface area contributed by atoms with E-state index in [0.717, 1.165) is 42.5 Å². The number of aliphatic hydroxyl groups excluding tert-OH is 1. The number of methoxy groups -OCH3 is 1. The quantitative estimate of drug-likeness (QED) is 0.195. The van der Waals surface area contributed by atoms with Crippen molar-refractivity contribution in [2.24, 2.45) is 28.9 Å². The molecule has 0 saturated heterocycles. The number of thiazole rings is 1. The molecule has 4 atom stereocenters. The van der Waals surface area contributed by atoms with E-state index in [-0.39, 0.29) is 18.1 Å². The van der Waals surface area contributed by atoms with Crippen LogP contribution < -0.4 is 5.73 Å². The highest BCUT2D eigenvalue weighted by atomic mass is 32.1. The maximum absolute atomic E-state index is 12.7. The average molecular weight is 511 g/mol. The number of hydrogen-bond donors (Lipinski definition) is 2. The summed E-state index contributed by atoms with van der Waals surface area (Å²) in [5, 5.41) is 13.1. The standard InChI is InChI=1S/C21H40O4.C7H10N2S/c1-16(11-8-14-25-6)9-7-10-17(2)15-18(3)20(24)21(4,5)19(23)12-13-22;1-2-3-6-5-10-7(4-8)9-6/h13,16-19,23H,7-12,14-15H2,1-6H3;2-3,5H,4,8H2,1H3/b;3-2-. The predicted octanol–water partition coefficient (Wildman–Crippen LogP) is 6.06. The summed E-state index contributed by atoms with van der Waals surface area (Å²) in [5.74, 6) is 1.18. The zero-order valence-electron chi connectivity index (χ0n) is 23.1. The Kier molecular flexibility index (Phi) is 18.0. The third-order valence-electron chi connectivity index (χ3n) is 6.51. The van der Waals surface area contributed by atoms with Crippen molar-refractivity contribution >= 4 is 29.5 Å². The maximum Gasteiger partial charge on any atom is 0.143 e. The number of ether oxygens (including phenoxy) is 1. The van der Waals surface area contributed by atoms with Gasteiger partial charge < -0.3 is 20.4 Å². The molecule has 0 saturated carbocycles. The number of aliphatic hydroxyl groups is 1. The van der Waals surface area contributed by atoms with Gasteiger partial charge in [-0.3, -0.25) is 4.79 Å². The first-order chi connectivity index (χ1) is 16.5. The van der Waals surface area contributed by atoms with Crippen LogP contribution in [-0.4, -0.2) is 42.0 Å². The van der Waals surface area contributed by atoms with E-state index in [1.54, 1.807) is 32.3 Å². The van der Waals surface area contributed by atoms with Crippen molar-refractivity contribution in [3.05, 3.63) is 22.2 Å². The molecule has 1 heterocycles. The molecule has 35 heavy (non-hydrogen) atoms. The van der Waals surface area contributed by atoms with Crippen molar-refractivity contribution in [3.8, 4) is 0 Å². The van der Waals surface area contributed by atoms with Gasteiger partial charge in [0.05, 0.1) is 11.8 Å². The number of rotatable bonds is 17. The highest BCUT2D eigenvalue weighted by Gasteiger charge is 2.37. The van der Waals surface area contributed by atoms with Gasteiger partial charge in [-0.1, -0.05) is 60.0 Å². The number of carbonyl (C=O) groups is 2. The van der Waals surface area contributed by atoms with Crippen LogP contribution in [0, 0.1) is 23.2 Å². The summed E-state index contributed by atoms with van der Waals surface area (Å²) in [7, 11) is 1.74. The summed E-state index contributed by atoms with van der Waals surface area (Å²) < 4.78 is 5.09. The van der Waals surface area contributed by atoms with Gasteiger partial charge in [0, 0.05) is 43.4 Å². The fourth-order valence-electron chi connectivity index (χ4n) is 4.21. The second kappa shape index (κ2) is 18.8. The van der Waals surface area contributed by atoms with E-state index in [9.17, 15) is 14.7 Å². The Morgan fingerprint density at radius 2 is 1.83 bits per heavy atom. The minimum absolute atomic E-state index is 0.0158. The number of Topliss-reactive ketones (excluding diaryl/α,β-unsaturated/α-hetero) is 1. The Hall–Kier alpha value is -1.41. The van der Waals surface area contributed by atoms with Crippen molar-refractivity contribution in [1.29, 1.82) is 0 Å². The van der Waals surface area contributed by atoms with Gasteiger partial charge in [0.2, 0.25) is 0 Å². The molecule has 4 unspecified atom stereocenters. The number of carbonyl (C=O) groups excluding carboxylic acids is 2. The maximum atomic E-state index is 12.7. The summed E-state index contributed by atoms with van der Waals surface area (Å²) in [5.41, 5.74) is 5.53. The normalized spacial score (nSPS) is 15.2. The third kappa shape index (κ3) is 14.0. The molecule has 0 amide bonds. The van der Waals surface area contributed by atoms with Gasteiger partial charge in [0.15, 0.2) is 0 Å². The molecule has 6 nitrogen and oxygen atoms in total. The number of nitrogens with two attached hydrogens (primary N) is 1. The summed E-state index contributed by atoms with van der Waals surface area (Å²) in [6.07, 6.45) is 10.4. The minimum Gasteiger partial charge on any atom is -0.392 e. The molecule has 202 valence electrons. The summed E-state index contributed by atoms with van der Waals surface area (Å²) in [4.78, 5) is 27.5. The molecule has 0 aliphatic heterocycles. The van der Waals surface area contributed by atoms with Crippen molar-refractivity contribution in [3.63, 3.8) is 0 Å². The molecule has 1 rings (SSSR count). The first-order valence-corrected chi connectivity index (χ1v) is 13.8. The molecule has 3 N–H and O–H groups in total. The minimum atomic E-state index is -0.900. The van der Waals surface area contributed by atoms with Gasteiger partial charge >= 0.3 is 0 Å². The van der Waals surface area contributed by atoms with Crippen LogP contribution in [0.5, 0.6) is 0 Å². The van der Waals surface area contributed by atoms with Crippen molar-refractivity contribution in [2.45, 2.75) is 99.1 Å². The number of nitrogens with zero attached hydrogens (tertiary/aromatic N) is 1. The molecule has 0 aliphatic carbocycles. The van der Waals surface area contributed by atoms with Crippen LogP contribution in [-0.2, 0) is 20.9 Å². The number of aldehydes is 1. The van der Waals surface area contributed by atoms with E-state index in [1.807, 2.05) is 31.4 Å². The fraction of sp³-hybridized carbons (Fsp3) is 0.750. The van der Waals surface area contributed by atoms with Gasteiger partial charge in [0.1, 0.15) is 17.1 Å². The smallest absolute Gasteiger partial charge is 0.143 e. The highest BCUT2D eigenvalue weighted by molar-refractivity contribution is 7.09. The highest BCUT2D eigenvalue weighted by Crippen LogP contribution is 2.31. The molecule has 1 aromatic rings. The van der Waals surface area contributed by atoms with E-state index in [1.165, 1.54) is 19.3 Å². The number of hydrogen-bond acceptors (Lipinski definition) is 7. The third-order valence-corrected chi connectivity index (χ3v) is 7.40. The lowest BCUT2D eigenvalue weighted by molar-refractivity contribution is -0.138. The van der Waals surface area contributed by atoms with Crippen LogP contribution in [0.15, 0.2) is 11.5 Å². The second-order valence-corrected chi connectivity index (χ2v) is 11.2. The zero-order valence-corrected chi connectivity index (χ0v) is 23.9.